The van der Waals surface area contributed by atoms with Gasteiger partial charge in [-0.05, 0) is 83.5 Å². The van der Waals surface area contributed by atoms with Gasteiger partial charge in [0, 0.05) is 19.3 Å². The van der Waals surface area contributed by atoms with Crippen LogP contribution in [0.4, 0.5) is 0 Å². The third kappa shape index (κ3) is 59.2. The van der Waals surface area contributed by atoms with Crippen molar-refractivity contribution in [2.75, 3.05) is 13.2 Å². The second-order valence-electron chi connectivity index (χ2n) is 20.6. The van der Waals surface area contributed by atoms with Crippen molar-refractivity contribution in [1.29, 1.82) is 0 Å². The van der Waals surface area contributed by atoms with Crippen LogP contribution in [-0.4, -0.2) is 37.2 Å². The number of rotatable bonds is 56. The molecule has 0 amide bonds. The van der Waals surface area contributed by atoms with Crippen LogP contribution in [-0.2, 0) is 28.6 Å². The lowest BCUT2D eigenvalue weighted by molar-refractivity contribution is -0.167. The molecule has 0 aliphatic rings. The zero-order valence-electron chi connectivity index (χ0n) is 48.6. The average Bonchev–Trinajstić information content (AvgIpc) is 3.40. The Hall–Kier alpha value is -3.67. The fourth-order valence-corrected chi connectivity index (χ4v) is 8.69. The van der Waals surface area contributed by atoms with Crippen molar-refractivity contribution < 1.29 is 28.6 Å². The van der Waals surface area contributed by atoms with Gasteiger partial charge in [-0.1, -0.05) is 291 Å². The standard InChI is InChI=1S/C68H116O6/c1-4-7-10-13-16-19-22-25-27-28-29-30-31-32-33-34-35-36-37-38-39-40-41-44-46-49-52-55-58-61-67(70)73-64-65(63-72-66(69)60-57-54-51-48-45-42-24-21-18-15-12-9-6-3)74-68(71)62-59-56-53-50-47-43-26-23-20-17-14-11-8-5-2/h7,10,16,19,25,27,29-30,32-33,35-36,38-39,41,44,65H,4-6,8-9,11-15,17-18,20-24,26,28,31,34,37,40,42-43,45-64H2,1-3H3/b10-7-,19-16-,27-25-,30-29-,33-32-,36-35-,39-38-,44-41-. The Morgan fingerprint density at radius 2 is 0.527 bits per heavy atom. The van der Waals surface area contributed by atoms with Gasteiger partial charge in [0.25, 0.3) is 0 Å². The zero-order chi connectivity index (χ0) is 53.6. The first-order valence-electron chi connectivity index (χ1n) is 31.2. The van der Waals surface area contributed by atoms with Crippen molar-refractivity contribution in [3.63, 3.8) is 0 Å². The van der Waals surface area contributed by atoms with E-state index in [1.807, 2.05) is 0 Å². The molecule has 0 bridgehead atoms. The fourth-order valence-electron chi connectivity index (χ4n) is 8.69. The Balaban J connectivity index is 4.33. The number of esters is 3. The second-order valence-corrected chi connectivity index (χ2v) is 20.6. The van der Waals surface area contributed by atoms with Crippen LogP contribution in [0.2, 0.25) is 0 Å². The number of carbonyl (C=O) groups is 3. The Morgan fingerprint density at radius 1 is 0.284 bits per heavy atom. The van der Waals surface area contributed by atoms with E-state index in [2.05, 4.69) is 118 Å². The van der Waals surface area contributed by atoms with Gasteiger partial charge in [0.2, 0.25) is 0 Å². The predicted octanol–water partition coefficient (Wildman–Crippen LogP) is 21.3. The molecule has 0 spiro atoms. The highest BCUT2D eigenvalue weighted by Crippen LogP contribution is 2.16. The van der Waals surface area contributed by atoms with E-state index in [4.69, 9.17) is 14.2 Å². The SMILES string of the molecule is CC/C=C\C/C=C\C/C=C\C/C=C\C/C=C\C/C=C\C/C=C\C/C=C\CCCCCCC(=O)OCC(COC(=O)CCCCCCCCCCCCCCC)OC(=O)CCCCCCCCCCCCCCCC. The molecule has 0 aromatic rings. The Bertz CT molecular complexity index is 1460. The minimum Gasteiger partial charge on any atom is -0.462 e. The van der Waals surface area contributed by atoms with E-state index >= 15 is 0 Å². The maximum atomic E-state index is 12.9. The summed E-state index contributed by atoms with van der Waals surface area (Å²) in [7, 11) is 0. The minimum absolute atomic E-state index is 0.0815. The maximum Gasteiger partial charge on any atom is 0.306 e. The monoisotopic (exact) mass is 1030 g/mol. The van der Waals surface area contributed by atoms with Crippen molar-refractivity contribution >= 4 is 17.9 Å². The van der Waals surface area contributed by atoms with E-state index in [0.29, 0.717) is 19.3 Å². The molecule has 0 aliphatic heterocycles. The summed E-state index contributed by atoms with van der Waals surface area (Å²) in [5.74, 6) is -0.897. The normalized spacial score (nSPS) is 12.7. The highest BCUT2D eigenvalue weighted by atomic mass is 16.6. The summed E-state index contributed by atoms with van der Waals surface area (Å²) in [6.07, 6.45) is 82.6. The molecule has 424 valence electrons. The Labute approximate surface area is 457 Å². The molecule has 0 aromatic heterocycles. The van der Waals surface area contributed by atoms with Crippen LogP contribution in [0.25, 0.3) is 0 Å². The van der Waals surface area contributed by atoms with Gasteiger partial charge < -0.3 is 14.2 Å². The molecule has 74 heavy (non-hydrogen) atoms. The summed E-state index contributed by atoms with van der Waals surface area (Å²) in [5, 5.41) is 0. The van der Waals surface area contributed by atoms with Gasteiger partial charge in [0.05, 0.1) is 0 Å². The molecular weight excluding hydrogens is 913 g/mol. The van der Waals surface area contributed by atoms with Crippen LogP contribution in [0.5, 0.6) is 0 Å². The van der Waals surface area contributed by atoms with Gasteiger partial charge in [-0.2, -0.15) is 0 Å². The summed E-state index contributed by atoms with van der Waals surface area (Å²) in [6, 6.07) is 0. The molecule has 0 rings (SSSR count). The van der Waals surface area contributed by atoms with E-state index in [-0.39, 0.29) is 31.1 Å². The molecule has 6 nitrogen and oxygen atoms in total. The summed E-state index contributed by atoms with van der Waals surface area (Å²) >= 11 is 0. The van der Waals surface area contributed by atoms with E-state index in [9.17, 15) is 14.4 Å². The smallest absolute Gasteiger partial charge is 0.306 e. The van der Waals surface area contributed by atoms with Gasteiger partial charge in [-0.25, -0.2) is 0 Å². The number of hydrogen-bond donors (Lipinski definition) is 0. The first kappa shape index (κ1) is 70.3. The summed E-state index contributed by atoms with van der Waals surface area (Å²) < 4.78 is 16.9. The largest absolute Gasteiger partial charge is 0.462 e. The molecule has 0 fully saturated rings. The third-order valence-electron chi connectivity index (χ3n) is 13.4. The molecule has 0 aromatic carbocycles. The van der Waals surface area contributed by atoms with Crippen molar-refractivity contribution in [2.45, 2.75) is 303 Å². The highest BCUT2D eigenvalue weighted by Gasteiger charge is 2.19. The van der Waals surface area contributed by atoms with Gasteiger partial charge in [-0.15, -0.1) is 0 Å². The van der Waals surface area contributed by atoms with E-state index in [1.165, 1.54) is 135 Å². The Morgan fingerprint density at radius 3 is 0.824 bits per heavy atom. The van der Waals surface area contributed by atoms with Crippen LogP contribution in [0, 0.1) is 0 Å². The first-order chi connectivity index (χ1) is 36.5. The molecular formula is C68H116O6. The van der Waals surface area contributed by atoms with Crippen LogP contribution in [0.3, 0.4) is 0 Å². The van der Waals surface area contributed by atoms with Crippen molar-refractivity contribution in [2.24, 2.45) is 0 Å². The molecule has 0 N–H and O–H groups in total. The number of hydrogen-bond acceptors (Lipinski definition) is 6. The number of carbonyl (C=O) groups excluding carboxylic acids is 3. The average molecular weight is 1030 g/mol. The lowest BCUT2D eigenvalue weighted by Gasteiger charge is -2.18. The Kier molecular flexibility index (Phi) is 58.8. The molecule has 0 radical (unpaired) electrons. The van der Waals surface area contributed by atoms with Crippen LogP contribution in [0.15, 0.2) is 97.2 Å². The molecule has 0 saturated carbocycles. The highest BCUT2D eigenvalue weighted by molar-refractivity contribution is 5.71. The van der Waals surface area contributed by atoms with Crippen LogP contribution in [0.1, 0.15) is 297 Å². The van der Waals surface area contributed by atoms with Gasteiger partial charge in [0.1, 0.15) is 13.2 Å². The van der Waals surface area contributed by atoms with Crippen LogP contribution >= 0.6 is 0 Å². The van der Waals surface area contributed by atoms with Gasteiger partial charge in [-0.3, -0.25) is 14.4 Å². The fraction of sp³-hybridized carbons (Fsp3) is 0.721. The number of unbranched alkanes of at least 4 members (excludes halogenated alkanes) is 29. The molecule has 1 atom stereocenters. The van der Waals surface area contributed by atoms with Crippen molar-refractivity contribution in [1.82, 2.24) is 0 Å². The second kappa shape index (κ2) is 61.9. The van der Waals surface area contributed by atoms with E-state index in [1.54, 1.807) is 0 Å². The minimum atomic E-state index is -0.785. The lowest BCUT2D eigenvalue weighted by Crippen LogP contribution is -2.30. The van der Waals surface area contributed by atoms with E-state index < -0.39 is 6.10 Å². The van der Waals surface area contributed by atoms with Crippen molar-refractivity contribution in [3.05, 3.63) is 97.2 Å². The molecule has 0 saturated heterocycles. The molecule has 1 unspecified atom stereocenters. The number of ether oxygens (including phenoxy) is 3. The summed E-state index contributed by atoms with van der Waals surface area (Å²) in [4.78, 5) is 38.2. The van der Waals surface area contributed by atoms with Gasteiger partial charge >= 0.3 is 17.9 Å². The molecule has 0 heterocycles. The topological polar surface area (TPSA) is 78.9 Å². The molecule has 0 aliphatic carbocycles. The third-order valence-corrected chi connectivity index (χ3v) is 13.4. The lowest BCUT2D eigenvalue weighted by atomic mass is 10.0. The quantitative estimate of drug-likeness (QED) is 0.0261. The van der Waals surface area contributed by atoms with Gasteiger partial charge in [0.15, 0.2) is 6.10 Å². The number of allylic oxidation sites excluding steroid dienone is 16. The maximum absolute atomic E-state index is 12.9. The first-order valence-corrected chi connectivity index (χ1v) is 31.2. The summed E-state index contributed by atoms with van der Waals surface area (Å²) in [6.45, 7) is 6.53. The van der Waals surface area contributed by atoms with Crippen LogP contribution < -0.4 is 0 Å². The van der Waals surface area contributed by atoms with E-state index in [0.717, 1.165) is 122 Å². The zero-order valence-corrected chi connectivity index (χ0v) is 48.6. The van der Waals surface area contributed by atoms with Crippen molar-refractivity contribution in [3.8, 4) is 0 Å². The summed E-state index contributed by atoms with van der Waals surface area (Å²) in [5.41, 5.74) is 0. The molecule has 6 heteroatoms. The predicted molar refractivity (Wildman–Crippen MR) is 320 cm³/mol.